The molecule has 0 spiro atoms. The number of aryl methyl sites for hydroxylation is 1. The largest absolute Gasteiger partial charge is 0.389 e. The lowest BCUT2D eigenvalue weighted by molar-refractivity contribution is 0.630. The van der Waals surface area contributed by atoms with Crippen LogP contribution in [0.15, 0.2) is 36.7 Å². The van der Waals surface area contributed by atoms with Crippen LogP contribution < -0.4 is 11.1 Å². The second kappa shape index (κ2) is 5.75. The first-order valence-electron chi connectivity index (χ1n) is 5.80. The van der Waals surface area contributed by atoms with Crippen LogP contribution in [0.4, 0.5) is 10.1 Å². The molecule has 0 bridgehead atoms. The van der Waals surface area contributed by atoms with E-state index in [2.05, 4.69) is 10.3 Å². The SMILES string of the molecule is Cc1ccncc1CNc1ccc(C(N)=S)cc1F. The Morgan fingerprint density at radius 3 is 2.84 bits per heavy atom. The van der Waals surface area contributed by atoms with E-state index >= 15 is 0 Å². The van der Waals surface area contributed by atoms with E-state index in [1.165, 1.54) is 6.07 Å². The van der Waals surface area contributed by atoms with Gasteiger partial charge in [0.05, 0.1) is 5.69 Å². The zero-order chi connectivity index (χ0) is 13.8. The van der Waals surface area contributed by atoms with Crippen molar-refractivity contribution in [3.63, 3.8) is 0 Å². The minimum absolute atomic E-state index is 0.188. The Morgan fingerprint density at radius 2 is 2.21 bits per heavy atom. The summed E-state index contributed by atoms with van der Waals surface area (Å²) in [5.41, 5.74) is 8.54. The number of anilines is 1. The van der Waals surface area contributed by atoms with Gasteiger partial charge in [-0.3, -0.25) is 4.98 Å². The molecular formula is C14H14FN3S. The lowest BCUT2D eigenvalue weighted by Crippen LogP contribution is -2.10. The van der Waals surface area contributed by atoms with Crippen LogP contribution >= 0.6 is 12.2 Å². The fourth-order valence-electron chi connectivity index (χ4n) is 1.68. The van der Waals surface area contributed by atoms with Crippen LogP contribution in [-0.4, -0.2) is 9.97 Å². The zero-order valence-electron chi connectivity index (χ0n) is 10.5. The third kappa shape index (κ3) is 3.26. The highest BCUT2D eigenvalue weighted by Gasteiger charge is 2.05. The van der Waals surface area contributed by atoms with E-state index in [0.29, 0.717) is 17.8 Å². The summed E-state index contributed by atoms with van der Waals surface area (Å²) in [7, 11) is 0. The molecule has 0 saturated carbocycles. The number of aromatic nitrogens is 1. The Labute approximate surface area is 116 Å². The molecule has 1 heterocycles. The molecule has 1 aromatic carbocycles. The van der Waals surface area contributed by atoms with Crippen molar-refractivity contribution < 1.29 is 4.39 Å². The van der Waals surface area contributed by atoms with Gasteiger partial charge < -0.3 is 11.1 Å². The molecule has 98 valence electrons. The molecule has 2 rings (SSSR count). The van der Waals surface area contributed by atoms with E-state index in [0.717, 1.165) is 11.1 Å². The number of hydrogen-bond donors (Lipinski definition) is 2. The van der Waals surface area contributed by atoms with Crippen LogP contribution in [0.25, 0.3) is 0 Å². The van der Waals surface area contributed by atoms with E-state index in [-0.39, 0.29) is 10.8 Å². The fraction of sp³-hybridized carbons (Fsp3) is 0.143. The van der Waals surface area contributed by atoms with Crippen molar-refractivity contribution in [3.05, 3.63) is 59.2 Å². The van der Waals surface area contributed by atoms with Crippen molar-refractivity contribution in [2.75, 3.05) is 5.32 Å². The number of thiocarbonyl (C=S) groups is 1. The van der Waals surface area contributed by atoms with Gasteiger partial charge >= 0.3 is 0 Å². The number of nitrogens with zero attached hydrogens (tertiary/aromatic N) is 1. The molecule has 19 heavy (non-hydrogen) atoms. The third-order valence-corrected chi connectivity index (χ3v) is 3.11. The Bertz CT molecular complexity index is 613. The average Bonchev–Trinajstić information content (AvgIpc) is 2.39. The van der Waals surface area contributed by atoms with E-state index < -0.39 is 0 Å². The molecule has 0 radical (unpaired) electrons. The smallest absolute Gasteiger partial charge is 0.146 e. The maximum atomic E-state index is 13.8. The summed E-state index contributed by atoms with van der Waals surface area (Å²) in [4.78, 5) is 4.24. The molecular weight excluding hydrogens is 261 g/mol. The van der Waals surface area contributed by atoms with Crippen molar-refractivity contribution in [1.29, 1.82) is 0 Å². The number of hydrogen-bond acceptors (Lipinski definition) is 3. The molecule has 0 atom stereocenters. The summed E-state index contributed by atoms with van der Waals surface area (Å²) in [6, 6.07) is 6.59. The summed E-state index contributed by atoms with van der Waals surface area (Å²) in [5, 5.41) is 3.04. The minimum atomic E-state index is -0.369. The second-order valence-corrected chi connectivity index (χ2v) is 4.65. The van der Waals surface area contributed by atoms with Gasteiger partial charge in [0.15, 0.2) is 0 Å². The molecule has 0 aliphatic heterocycles. The molecule has 0 aliphatic carbocycles. The molecule has 0 fully saturated rings. The van der Waals surface area contributed by atoms with E-state index in [1.807, 2.05) is 13.0 Å². The highest BCUT2D eigenvalue weighted by atomic mass is 32.1. The summed E-state index contributed by atoms with van der Waals surface area (Å²) >= 11 is 4.81. The lowest BCUT2D eigenvalue weighted by Gasteiger charge is -2.10. The van der Waals surface area contributed by atoms with Crippen molar-refractivity contribution >= 4 is 22.9 Å². The summed E-state index contributed by atoms with van der Waals surface area (Å²) in [6.07, 6.45) is 3.50. The molecule has 0 unspecified atom stereocenters. The molecule has 3 nitrogen and oxygen atoms in total. The van der Waals surface area contributed by atoms with E-state index in [9.17, 15) is 4.39 Å². The molecule has 0 aliphatic rings. The van der Waals surface area contributed by atoms with Gasteiger partial charge in [-0.1, -0.05) is 12.2 Å². The van der Waals surface area contributed by atoms with Crippen molar-refractivity contribution in [2.45, 2.75) is 13.5 Å². The van der Waals surface area contributed by atoms with Gasteiger partial charge in [0.1, 0.15) is 10.8 Å². The van der Waals surface area contributed by atoms with Gasteiger partial charge in [0, 0.05) is 24.5 Å². The van der Waals surface area contributed by atoms with Gasteiger partial charge in [-0.2, -0.15) is 0 Å². The molecule has 3 N–H and O–H groups in total. The first-order chi connectivity index (χ1) is 9.08. The fourth-order valence-corrected chi connectivity index (χ4v) is 1.81. The summed E-state index contributed by atoms with van der Waals surface area (Å²) in [5.74, 6) is -0.369. The van der Waals surface area contributed by atoms with Gasteiger partial charge in [-0.15, -0.1) is 0 Å². The van der Waals surface area contributed by atoms with Crippen molar-refractivity contribution in [1.82, 2.24) is 4.98 Å². The van der Waals surface area contributed by atoms with Gasteiger partial charge in [-0.05, 0) is 42.3 Å². The minimum Gasteiger partial charge on any atom is -0.389 e. The van der Waals surface area contributed by atoms with Gasteiger partial charge in [-0.25, -0.2) is 4.39 Å². The lowest BCUT2D eigenvalue weighted by atomic mass is 10.1. The highest BCUT2D eigenvalue weighted by molar-refractivity contribution is 7.80. The Kier molecular flexibility index (Phi) is 4.06. The quantitative estimate of drug-likeness (QED) is 0.842. The number of rotatable bonds is 4. The predicted molar refractivity (Wildman–Crippen MR) is 78.6 cm³/mol. The molecule has 0 saturated heterocycles. The van der Waals surface area contributed by atoms with Crippen LogP contribution in [0.3, 0.4) is 0 Å². The van der Waals surface area contributed by atoms with Crippen molar-refractivity contribution in [2.24, 2.45) is 5.73 Å². The van der Waals surface area contributed by atoms with Crippen molar-refractivity contribution in [3.8, 4) is 0 Å². The van der Waals surface area contributed by atoms with Gasteiger partial charge in [0.25, 0.3) is 0 Å². The standard InChI is InChI=1S/C14H14FN3S/c1-9-4-5-17-7-11(9)8-18-13-3-2-10(14(16)19)6-12(13)15/h2-7,18H,8H2,1H3,(H2,16,19). The van der Waals surface area contributed by atoms with Gasteiger partial charge in [0.2, 0.25) is 0 Å². The van der Waals surface area contributed by atoms with E-state index in [4.69, 9.17) is 18.0 Å². The van der Waals surface area contributed by atoms with Crippen LogP contribution in [0.2, 0.25) is 0 Å². The molecule has 1 aromatic heterocycles. The predicted octanol–water partition coefficient (Wildman–Crippen LogP) is 2.78. The number of pyridine rings is 1. The van der Waals surface area contributed by atoms with Crippen LogP contribution in [-0.2, 0) is 6.54 Å². The summed E-state index contributed by atoms with van der Waals surface area (Å²) < 4.78 is 13.8. The Morgan fingerprint density at radius 1 is 1.42 bits per heavy atom. The summed E-state index contributed by atoms with van der Waals surface area (Å²) in [6.45, 7) is 2.51. The number of nitrogens with two attached hydrogens (primary N) is 1. The first kappa shape index (κ1) is 13.4. The molecule has 0 amide bonds. The monoisotopic (exact) mass is 275 g/mol. The second-order valence-electron chi connectivity index (χ2n) is 4.21. The van der Waals surface area contributed by atoms with E-state index in [1.54, 1.807) is 24.5 Å². The zero-order valence-corrected chi connectivity index (χ0v) is 11.3. The Balaban J connectivity index is 2.12. The van der Waals surface area contributed by atoms with Crippen LogP contribution in [0.5, 0.6) is 0 Å². The number of nitrogens with one attached hydrogen (secondary N) is 1. The maximum Gasteiger partial charge on any atom is 0.146 e. The van der Waals surface area contributed by atoms with Crippen LogP contribution in [0, 0.1) is 12.7 Å². The topological polar surface area (TPSA) is 50.9 Å². The van der Waals surface area contributed by atoms with Crippen LogP contribution in [0.1, 0.15) is 16.7 Å². The first-order valence-corrected chi connectivity index (χ1v) is 6.21. The number of halogens is 1. The number of benzene rings is 1. The third-order valence-electron chi connectivity index (χ3n) is 2.87. The molecule has 2 aromatic rings. The Hall–Kier alpha value is -2.01. The normalized spacial score (nSPS) is 10.2. The molecule has 5 heteroatoms. The maximum absolute atomic E-state index is 13.8. The highest BCUT2D eigenvalue weighted by Crippen LogP contribution is 2.17. The average molecular weight is 275 g/mol.